The molecule has 1 N–H and O–H groups in total. The molecule has 1 aliphatic heterocycles. The van der Waals surface area contributed by atoms with Crippen molar-refractivity contribution in [2.45, 2.75) is 12.5 Å². The Balaban J connectivity index is 0.00000264. The number of nitrogens with one attached hydrogen (secondary N) is 1. The van der Waals surface area contributed by atoms with E-state index >= 15 is 0 Å². The lowest BCUT2D eigenvalue weighted by Gasteiger charge is -2.28. The first-order valence-corrected chi connectivity index (χ1v) is 9.12. The molecule has 1 heterocycles. The second-order valence-electron chi connectivity index (χ2n) is 5.36. The third-order valence-corrected chi connectivity index (χ3v) is 5.47. The molecule has 1 fully saturated rings. The van der Waals surface area contributed by atoms with E-state index in [1.807, 2.05) is 30.3 Å². The van der Waals surface area contributed by atoms with E-state index in [2.05, 4.69) is 5.32 Å². The van der Waals surface area contributed by atoms with Crippen molar-refractivity contribution < 1.29 is 17.9 Å². The van der Waals surface area contributed by atoms with Crippen LogP contribution in [0.2, 0.25) is 0 Å². The molecule has 8 heteroatoms. The standard InChI is InChI=1S/C15H22N2O4S.ClH/c1-21-9-8-17(14-7-10-22(19,20)12-14)15(18)11-16-13-5-3-2-4-6-13;/h2-6,14,16H,7-12H2,1H3;1H. The van der Waals surface area contributed by atoms with Gasteiger partial charge in [-0.25, -0.2) is 8.42 Å². The van der Waals surface area contributed by atoms with Crippen LogP contribution in [0, 0.1) is 0 Å². The summed E-state index contributed by atoms with van der Waals surface area (Å²) in [5, 5.41) is 3.06. The third kappa shape index (κ3) is 6.01. The maximum atomic E-state index is 12.4. The van der Waals surface area contributed by atoms with Crippen LogP contribution < -0.4 is 5.32 Å². The average molecular weight is 363 g/mol. The lowest BCUT2D eigenvalue weighted by atomic mass is 10.2. The Labute approximate surface area is 143 Å². The number of anilines is 1. The van der Waals surface area contributed by atoms with E-state index in [9.17, 15) is 13.2 Å². The van der Waals surface area contributed by atoms with Gasteiger partial charge in [0, 0.05) is 25.4 Å². The largest absolute Gasteiger partial charge is 0.383 e. The van der Waals surface area contributed by atoms with Crippen LogP contribution in [-0.2, 0) is 19.4 Å². The number of ether oxygens (including phenoxy) is 1. The van der Waals surface area contributed by atoms with Crippen molar-refractivity contribution in [3.63, 3.8) is 0 Å². The molecule has 1 aromatic rings. The van der Waals surface area contributed by atoms with Gasteiger partial charge in [-0.2, -0.15) is 0 Å². The van der Waals surface area contributed by atoms with Gasteiger partial charge in [0.1, 0.15) is 0 Å². The number of halogens is 1. The molecule has 0 bridgehead atoms. The first-order chi connectivity index (χ1) is 10.5. The van der Waals surface area contributed by atoms with Crippen LogP contribution in [0.3, 0.4) is 0 Å². The zero-order chi connectivity index (χ0) is 16.0. The maximum absolute atomic E-state index is 12.4. The molecule has 0 radical (unpaired) electrons. The Morgan fingerprint density at radius 2 is 2.04 bits per heavy atom. The minimum atomic E-state index is -3.02. The molecule has 0 saturated carbocycles. The van der Waals surface area contributed by atoms with Gasteiger partial charge in [0.15, 0.2) is 9.84 Å². The van der Waals surface area contributed by atoms with Crippen molar-refractivity contribution in [3.8, 4) is 0 Å². The Kier molecular flexibility index (Phi) is 7.81. The van der Waals surface area contributed by atoms with E-state index in [1.54, 1.807) is 12.0 Å². The summed E-state index contributed by atoms with van der Waals surface area (Å²) in [4.78, 5) is 14.1. The monoisotopic (exact) mass is 362 g/mol. The summed E-state index contributed by atoms with van der Waals surface area (Å²) in [7, 11) is -1.46. The summed E-state index contributed by atoms with van der Waals surface area (Å²) >= 11 is 0. The van der Waals surface area contributed by atoms with Gasteiger partial charge in [-0.3, -0.25) is 4.79 Å². The number of methoxy groups -OCH3 is 1. The van der Waals surface area contributed by atoms with Crippen molar-refractivity contribution in [2.75, 3.05) is 43.6 Å². The highest BCUT2D eigenvalue weighted by molar-refractivity contribution is 7.91. The second kappa shape index (κ2) is 9.10. The molecule has 130 valence electrons. The minimum Gasteiger partial charge on any atom is -0.383 e. The molecule has 0 aliphatic carbocycles. The van der Waals surface area contributed by atoms with Crippen molar-refractivity contribution in [1.29, 1.82) is 0 Å². The van der Waals surface area contributed by atoms with Crippen LogP contribution in [0.25, 0.3) is 0 Å². The highest BCUT2D eigenvalue weighted by atomic mass is 35.5. The molecule has 1 aromatic carbocycles. The van der Waals surface area contributed by atoms with Crippen molar-refractivity contribution in [2.24, 2.45) is 0 Å². The molecular weight excluding hydrogens is 340 g/mol. The van der Waals surface area contributed by atoms with Gasteiger partial charge in [-0.05, 0) is 18.6 Å². The van der Waals surface area contributed by atoms with Crippen molar-refractivity contribution >= 4 is 33.8 Å². The summed E-state index contributed by atoms with van der Waals surface area (Å²) in [6, 6.07) is 9.20. The average Bonchev–Trinajstić information content (AvgIpc) is 2.86. The quantitative estimate of drug-likeness (QED) is 0.788. The number of hydrogen-bond acceptors (Lipinski definition) is 5. The molecule has 1 aliphatic rings. The summed E-state index contributed by atoms with van der Waals surface area (Å²) in [6.45, 7) is 0.948. The summed E-state index contributed by atoms with van der Waals surface area (Å²) < 4.78 is 28.3. The molecule has 6 nitrogen and oxygen atoms in total. The van der Waals surface area contributed by atoms with E-state index in [0.717, 1.165) is 5.69 Å². The van der Waals surface area contributed by atoms with E-state index in [0.29, 0.717) is 19.6 Å². The van der Waals surface area contributed by atoms with E-state index < -0.39 is 9.84 Å². The molecule has 1 amide bonds. The van der Waals surface area contributed by atoms with Crippen LogP contribution in [0.4, 0.5) is 5.69 Å². The number of carbonyl (C=O) groups is 1. The molecule has 23 heavy (non-hydrogen) atoms. The molecule has 1 atom stereocenters. The zero-order valence-corrected chi connectivity index (χ0v) is 14.7. The lowest BCUT2D eigenvalue weighted by Crippen LogP contribution is -2.45. The van der Waals surface area contributed by atoms with Gasteiger partial charge in [-0.1, -0.05) is 18.2 Å². The number of hydrogen-bond donors (Lipinski definition) is 1. The van der Waals surface area contributed by atoms with Gasteiger partial charge in [0.25, 0.3) is 0 Å². The zero-order valence-electron chi connectivity index (χ0n) is 13.1. The van der Waals surface area contributed by atoms with Gasteiger partial charge in [0.2, 0.25) is 5.91 Å². The number of para-hydroxylation sites is 1. The number of carbonyl (C=O) groups excluding carboxylic acids is 1. The van der Waals surface area contributed by atoms with Gasteiger partial charge < -0.3 is 15.0 Å². The van der Waals surface area contributed by atoms with Crippen LogP contribution in [-0.4, -0.2) is 63.6 Å². The Morgan fingerprint density at radius 1 is 1.35 bits per heavy atom. The second-order valence-corrected chi connectivity index (χ2v) is 7.59. The van der Waals surface area contributed by atoms with Crippen molar-refractivity contribution in [1.82, 2.24) is 4.90 Å². The summed E-state index contributed by atoms with van der Waals surface area (Å²) in [5.74, 6) is 0.0944. The van der Waals surface area contributed by atoms with E-state index in [4.69, 9.17) is 4.74 Å². The van der Waals surface area contributed by atoms with Crippen molar-refractivity contribution in [3.05, 3.63) is 30.3 Å². The van der Waals surface area contributed by atoms with Gasteiger partial charge >= 0.3 is 0 Å². The number of amides is 1. The minimum absolute atomic E-state index is 0. The number of sulfone groups is 1. The SMILES string of the molecule is COCCN(C(=O)CNc1ccccc1)C1CCS(=O)(=O)C1.Cl. The number of benzene rings is 1. The fourth-order valence-electron chi connectivity index (χ4n) is 2.56. The molecule has 1 saturated heterocycles. The summed E-state index contributed by atoms with van der Waals surface area (Å²) in [5.41, 5.74) is 0.863. The van der Waals surface area contributed by atoms with Crippen LogP contribution >= 0.6 is 12.4 Å². The fraction of sp³-hybridized carbons (Fsp3) is 0.533. The molecule has 2 rings (SSSR count). The fourth-order valence-corrected chi connectivity index (χ4v) is 4.29. The maximum Gasteiger partial charge on any atom is 0.242 e. The van der Waals surface area contributed by atoms with Gasteiger partial charge in [-0.15, -0.1) is 12.4 Å². The lowest BCUT2D eigenvalue weighted by molar-refractivity contribution is -0.131. The van der Waals surface area contributed by atoms with Crippen LogP contribution in [0.15, 0.2) is 30.3 Å². The van der Waals surface area contributed by atoms with E-state index in [-0.39, 0.29) is 42.4 Å². The molecule has 0 spiro atoms. The third-order valence-electron chi connectivity index (χ3n) is 3.72. The first-order valence-electron chi connectivity index (χ1n) is 7.29. The number of rotatable bonds is 7. The van der Waals surface area contributed by atoms with Crippen LogP contribution in [0.5, 0.6) is 0 Å². The smallest absolute Gasteiger partial charge is 0.242 e. The van der Waals surface area contributed by atoms with E-state index in [1.165, 1.54) is 0 Å². The van der Waals surface area contributed by atoms with Crippen LogP contribution in [0.1, 0.15) is 6.42 Å². The van der Waals surface area contributed by atoms with Gasteiger partial charge in [0.05, 0.1) is 24.7 Å². The predicted molar refractivity (Wildman–Crippen MR) is 92.8 cm³/mol. The molecule has 1 unspecified atom stereocenters. The first kappa shape index (κ1) is 19.7. The predicted octanol–water partition coefficient (Wildman–Crippen LogP) is 1.18. The number of nitrogens with zero attached hydrogens (tertiary/aromatic N) is 1. The molecule has 0 aromatic heterocycles. The highest BCUT2D eigenvalue weighted by Crippen LogP contribution is 2.18. The Bertz CT molecular complexity index is 595. The summed E-state index contributed by atoms with van der Waals surface area (Å²) in [6.07, 6.45) is 0.503. The topological polar surface area (TPSA) is 75.7 Å². The normalized spacial score (nSPS) is 18.9. The molecular formula is C15H23ClN2O4S. The Morgan fingerprint density at radius 3 is 2.61 bits per heavy atom. The Hall–Kier alpha value is -1.31. The highest BCUT2D eigenvalue weighted by Gasteiger charge is 2.34.